The Morgan fingerprint density at radius 3 is 3.12 bits per heavy atom. The Hall–Kier alpha value is -0.890. The Morgan fingerprint density at radius 2 is 2.53 bits per heavy atom. The van der Waals surface area contributed by atoms with E-state index in [9.17, 15) is 4.79 Å². The van der Waals surface area contributed by atoms with Crippen molar-refractivity contribution in [3.8, 4) is 0 Å². The van der Waals surface area contributed by atoms with Crippen LogP contribution in [0.4, 0.5) is 0 Å². The summed E-state index contributed by atoms with van der Waals surface area (Å²) in [6.07, 6.45) is 3.62. The van der Waals surface area contributed by atoms with Crippen LogP contribution in [0, 0.1) is 2.88 Å². The van der Waals surface area contributed by atoms with E-state index in [0.717, 1.165) is 8.45 Å². The van der Waals surface area contributed by atoms with Gasteiger partial charge in [-0.3, -0.25) is 9.48 Å². The fourth-order valence-electron chi connectivity index (χ4n) is 1.47. The van der Waals surface area contributed by atoms with E-state index in [-0.39, 0.29) is 11.9 Å². The predicted octanol–water partition coefficient (Wildman–Crippen LogP) is 2.37. The van der Waals surface area contributed by atoms with Crippen molar-refractivity contribution in [3.05, 3.63) is 38.4 Å². The van der Waals surface area contributed by atoms with Gasteiger partial charge in [0, 0.05) is 23.8 Å². The van der Waals surface area contributed by atoms with Crippen LogP contribution in [-0.4, -0.2) is 21.7 Å². The Bertz CT molecular complexity index is 495. The molecule has 0 spiro atoms. The quantitative estimate of drug-likeness (QED) is 0.850. The molecule has 0 aliphatic carbocycles. The molecule has 0 radical (unpaired) electrons. The summed E-state index contributed by atoms with van der Waals surface area (Å²) in [6, 6.07) is 3.82. The molecule has 1 amide bonds. The lowest BCUT2D eigenvalue weighted by molar-refractivity contribution is 0.0936. The summed E-state index contributed by atoms with van der Waals surface area (Å²) in [5.74, 6) is -0.0242. The summed E-state index contributed by atoms with van der Waals surface area (Å²) >= 11 is 3.78. The Labute approximate surface area is 117 Å². The molecule has 4 nitrogen and oxygen atoms in total. The first-order valence-electron chi connectivity index (χ1n) is 5.17. The first kappa shape index (κ1) is 12.6. The van der Waals surface area contributed by atoms with Crippen molar-refractivity contribution in [1.29, 1.82) is 0 Å². The van der Waals surface area contributed by atoms with Crippen molar-refractivity contribution >= 4 is 39.8 Å². The van der Waals surface area contributed by atoms with Gasteiger partial charge in [-0.05, 0) is 41.6 Å². The zero-order chi connectivity index (χ0) is 12.3. The molecule has 2 heterocycles. The third-order valence-electron chi connectivity index (χ3n) is 2.23. The summed E-state index contributed by atoms with van der Waals surface area (Å²) in [5.41, 5.74) is 0.728. The number of aromatic nitrogens is 2. The molecule has 17 heavy (non-hydrogen) atoms. The van der Waals surface area contributed by atoms with E-state index in [4.69, 9.17) is 0 Å². The van der Waals surface area contributed by atoms with E-state index in [2.05, 4.69) is 33.0 Å². The molecule has 1 unspecified atom stereocenters. The first-order valence-corrected chi connectivity index (χ1v) is 7.13. The van der Waals surface area contributed by atoms with Crippen LogP contribution in [0.2, 0.25) is 0 Å². The largest absolute Gasteiger partial charge is 0.348 e. The highest BCUT2D eigenvalue weighted by atomic mass is 127. The zero-order valence-electron chi connectivity index (χ0n) is 9.26. The average Bonchev–Trinajstić information content (AvgIpc) is 2.89. The van der Waals surface area contributed by atoms with Gasteiger partial charge in [0.05, 0.1) is 15.0 Å². The van der Waals surface area contributed by atoms with Gasteiger partial charge in [0.1, 0.15) is 0 Å². The Morgan fingerprint density at radius 1 is 1.71 bits per heavy atom. The molecular weight excluding hydrogens is 349 g/mol. The van der Waals surface area contributed by atoms with Crippen LogP contribution in [0.3, 0.4) is 0 Å². The van der Waals surface area contributed by atoms with E-state index in [1.165, 1.54) is 0 Å². The van der Waals surface area contributed by atoms with E-state index in [1.54, 1.807) is 17.5 Å². The van der Waals surface area contributed by atoms with Gasteiger partial charge in [-0.15, -0.1) is 11.3 Å². The zero-order valence-corrected chi connectivity index (χ0v) is 12.2. The lowest BCUT2D eigenvalue weighted by Crippen LogP contribution is -2.35. The number of thiophene rings is 1. The molecule has 0 saturated carbocycles. The Balaban J connectivity index is 1.90. The van der Waals surface area contributed by atoms with Crippen LogP contribution >= 0.6 is 33.9 Å². The number of hydrogen-bond acceptors (Lipinski definition) is 3. The number of carbonyl (C=O) groups excluding carboxylic acids is 1. The molecule has 0 aliphatic rings. The molecule has 1 N–H and O–H groups in total. The van der Waals surface area contributed by atoms with E-state index >= 15 is 0 Å². The first-order chi connectivity index (χ1) is 8.15. The van der Waals surface area contributed by atoms with Crippen LogP contribution in [0.25, 0.3) is 0 Å². The Kier molecular flexibility index (Phi) is 4.16. The number of rotatable bonds is 4. The van der Waals surface area contributed by atoms with Crippen molar-refractivity contribution < 1.29 is 4.79 Å². The minimum Gasteiger partial charge on any atom is -0.348 e. The SMILES string of the molecule is CC(Cn1cccn1)NC(=O)c1csc(I)c1. The van der Waals surface area contributed by atoms with Crippen molar-refractivity contribution in [2.45, 2.75) is 19.5 Å². The van der Waals surface area contributed by atoms with Crippen LogP contribution in [0.15, 0.2) is 29.9 Å². The van der Waals surface area contributed by atoms with Crippen LogP contribution < -0.4 is 5.32 Å². The summed E-state index contributed by atoms with van der Waals surface area (Å²) in [4.78, 5) is 11.9. The minimum absolute atomic E-state index is 0.0242. The van der Waals surface area contributed by atoms with Crippen LogP contribution in [-0.2, 0) is 6.54 Å². The molecule has 90 valence electrons. The molecular formula is C11H12IN3OS. The molecule has 0 aromatic carbocycles. The highest BCUT2D eigenvalue weighted by Gasteiger charge is 2.11. The fourth-order valence-corrected chi connectivity index (χ4v) is 2.80. The summed E-state index contributed by atoms with van der Waals surface area (Å²) < 4.78 is 2.93. The van der Waals surface area contributed by atoms with Crippen molar-refractivity contribution in [3.63, 3.8) is 0 Å². The van der Waals surface area contributed by atoms with Crippen molar-refractivity contribution in [1.82, 2.24) is 15.1 Å². The number of amides is 1. The molecule has 2 aromatic heterocycles. The average molecular weight is 361 g/mol. The van der Waals surface area contributed by atoms with Gasteiger partial charge < -0.3 is 5.32 Å². The summed E-state index contributed by atoms with van der Waals surface area (Å²) in [6.45, 7) is 2.65. The normalized spacial score (nSPS) is 12.4. The number of nitrogens with one attached hydrogen (secondary N) is 1. The van der Waals surface area contributed by atoms with Gasteiger partial charge in [-0.25, -0.2) is 0 Å². The molecule has 1 atom stereocenters. The van der Waals surface area contributed by atoms with Gasteiger partial charge in [0.2, 0.25) is 0 Å². The third kappa shape index (κ3) is 3.53. The van der Waals surface area contributed by atoms with Gasteiger partial charge in [0.15, 0.2) is 0 Å². The lowest BCUT2D eigenvalue weighted by atomic mass is 10.2. The summed E-state index contributed by atoms with van der Waals surface area (Å²) in [5, 5.41) is 8.93. The van der Waals surface area contributed by atoms with Gasteiger partial charge in [0.25, 0.3) is 5.91 Å². The van der Waals surface area contributed by atoms with E-state index < -0.39 is 0 Å². The molecule has 0 bridgehead atoms. The van der Waals surface area contributed by atoms with Crippen molar-refractivity contribution in [2.24, 2.45) is 0 Å². The third-order valence-corrected chi connectivity index (χ3v) is 4.02. The van der Waals surface area contributed by atoms with Gasteiger partial charge >= 0.3 is 0 Å². The maximum Gasteiger partial charge on any atom is 0.252 e. The number of halogens is 1. The topological polar surface area (TPSA) is 46.9 Å². The molecule has 2 rings (SSSR count). The standard InChI is InChI=1S/C11H12IN3OS/c1-8(6-15-4-2-3-13-15)14-11(16)9-5-10(12)17-7-9/h2-5,7-8H,6H2,1H3,(H,14,16). The van der Waals surface area contributed by atoms with Crippen LogP contribution in [0.1, 0.15) is 17.3 Å². The molecule has 2 aromatic rings. The smallest absolute Gasteiger partial charge is 0.252 e. The highest BCUT2D eigenvalue weighted by Crippen LogP contribution is 2.16. The number of hydrogen-bond donors (Lipinski definition) is 1. The second-order valence-electron chi connectivity index (χ2n) is 3.74. The predicted molar refractivity (Wildman–Crippen MR) is 76.2 cm³/mol. The van der Waals surface area contributed by atoms with Gasteiger partial charge in [-0.2, -0.15) is 5.10 Å². The number of carbonyl (C=O) groups is 1. The molecule has 0 aliphatic heterocycles. The second-order valence-corrected chi connectivity index (χ2v) is 6.55. The number of nitrogens with zero attached hydrogens (tertiary/aromatic N) is 2. The van der Waals surface area contributed by atoms with Gasteiger partial charge in [-0.1, -0.05) is 0 Å². The minimum atomic E-state index is -0.0242. The van der Waals surface area contributed by atoms with E-state index in [0.29, 0.717) is 6.54 Å². The van der Waals surface area contributed by atoms with Crippen LogP contribution in [0.5, 0.6) is 0 Å². The maximum absolute atomic E-state index is 11.9. The van der Waals surface area contributed by atoms with Crippen molar-refractivity contribution in [2.75, 3.05) is 0 Å². The van der Waals surface area contributed by atoms with E-state index in [1.807, 2.05) is 35.3 Å². The molecule has 6 heteroatoms. The lowest BCUT2D eigenvalue weighted by Gasteiger charge is -2.13. The second kappa shape index (κ2) is 5.63. The molecule has 0 fully saturated rings. The fraction of sp³-hybridized carbons (Fsp3) is 0.273. The highest BCUT2D eigenvalue weighted by molar-refractivity contribution is 14.1. The molecule has 0 saturated heterocycles. The maximum atomic E-state index is 11.9. The summed E-state index contributed by atoms with van der Waals surface area (Å²) in [7, 11) is 0. The monoisotopic (exact) mass is 361 g/mol.